The molecule has 2 aromatic carbocycles. The molecule has 2 rings (SSSR count). The molecule has 2 aromatic rings. The molecule has 0 saturated heterocycles. The van der Waals surface area contributed by atoms with Crippen LogP contribution in [0.4, 0.5) is 34.6 Å². The van der Waals surface area contributed by atoms with Crippen molar-refractivity contribution in [3.63, 3.8) is 0 Å². The van der Waals surface area contributed by atoms with Gasteiger partial charge < -0.3 is 15.8 Å². The van der Waals surface area contributed by atoms with E-state index >= 15 is 0 Å². The highest BCUT2D eigenvalue weighted by Crippen LogP contribution is 2.34. The molecule has 0 spiro atoms. The van der Waals surface area contributed by atoms with Crippen LogP contribution in [-0.4, -0.2) is 6.36 Å². The SMILES string of the molecule is Cc1cc(Nc2ccccc2OC(F)(F)F)c(N)cc1F. The Morgan fingerprint density at radius 3 is 2.43 bits per heavy atom. The number of nitrogens with one attached hydrogen (secondary N) is 1. The van der Waals surface area contributed by atoms with Gasteiger partial charge in [-0.2, -0.15) is 0 Å². The Labute approximate surface area is 118 Å². The minimum atomic E-state index is -4.80. The highest BCUT2D eigenvalue weighted by Gasteiger charge is 2.32. The summed E-state index contributed by atoms with van der Waals surface area (Å²) in [6, 6.07) is 8.03. The molecule has 21 heavy (non-hydrogen) atoms. The van der Waals surface area contributed by atoms with Gasteiger partial charge in [0, 0.05) is 0 Å². The van der Waals surface area contributed by atoms with E-state index in [1.54, 1.807) is 0 Å². The third kappa shape index (κ3) is 3.77. The van der Waals surface area contributed by atoms with Crippen LogP contribution in [-0.2, 0) is 0 Å². The molecule has 0 unspecified atom stereocenters. The Bertz CT molecular complexity index is 656. The lowest BCUT2D eigenvalue weighted by atomic mass is 10.1. The largest absolute Gasteiger partial charge is 0.573 e. The third-order valence-electron chi connectivity index (χ3n) is 2.71. The van der Waals surface area contributed by atoms with Crippen molar-refractivity contribution in [2.75, 3.05) is 11.1 Å². The molecule has 0 bridgehead atoms. The Kier molecular flexibility index (Phi) is 3.93. The summed E-state index contributed by atoms with van der Waals surface area (Å²) in [4.78, 5) is 0. The average molecular weight is 300 g/mol. The molecular formula is C14H12F4N2O. The summed E-state index contributed by atoms with van der Waals surface area (Å²) < 4.78 is 54.2. The van der Waals surface area contributed by atoms with Crippen LogP contribution in [0.15, 0.2) is 36.4 Å². The lowest BCUT2D eigenvalue weighted by Gasteiger charge is -2.16. The van der Waals surface area contributed by atoms with Crippen LogP contribution in [0.2, 0.25) is 0 Å². The summed E-state index contributed by atoms with van der Waals surface area (Å²) in [5.41, 5.74) is 6.43. The maximum atomic E-state index is 13.3. The molecule has 0 saturated carbocycles. The first-order valence-electron chi connectivity index (χ1n) is 5.93. The quantitative estimate of drug-likeness (QED) is 0.654. The van der Waals surface area contributed by atoms with Gasteiger partial charge in [0.05, 0.1) is 17.1 Å². The molecule has 0 heterocycles. The summed E-state index contributed by atoms with van der Waals surface area (Å²) in [6.07, 6.45) is -4.80. The van der Waals surface area contributed by atoms with E-state index in [0.717, 1.165) is 6.07 Å². The number of nitrogens with two attached hydrogens (primary N) is 1. The summed E-state index contributed by atoms with van der Waals surface area (Å²) in [5.74, 6) is -0.885. The molecule has 0 aliphatic heterocycles. The van der Waals surface area contributed by atoms with E-state index in [0.29, 0.717) is 11.3 Å². The van der Waals surface area contributed by atoms with Gasteiger partial charge in [0.15, 0.2) is 5.75 Å². The third-order valence-corrected chi connectivity index (χ3v) is 2.71. The van der Waals surface area contributed by atoms with E-state index in [2.05, 4.69) is 10.1 Å². The van der Waals surface area contributed by atoms with Gasteiger partial charge in [-0.3, -0.25) is 0 Å². The zero-order chi connectivity index (χ0) is 15.6. The van der Waals surface area contributed by atoms with Crippen LogP contribution in [0.3, 0.4) is 0 Å². The van der Waals surface area contributed by atoms with E-state index in [4.69, 9.17) is 5.73 Å². The van der Waals surface area contributed by atoms with Crippen molar-refractivity contribution in [2.45, 2.75) is 13.3 Å². The standard InChI is InChI=1S/C14H12F4N2O/c1-8-6-12(10(19)7-9(8)15)20-11-4-2-3-5-13(11)21-14(16,17)18/h2-7,20H,19H2,1H3. The highest BCUT2D eigenvalue weighted by molar-refractivity contribution is 5.75. The topological polar surface area (TPSA) is 47.3 Å². The normalized spacial score (nSPS) is 11.3. The van der Waals surface area contributed by atoms with Crippen molar-refractivity contribution in [1.29, 1.82) is 0 Å². The maximum Gasteiger partial charge on any atom is 0.573 e. The van der Waals surface area contributed by atoms with Crippen molar-refractivity contribution in [1.82, 2.24) is 0 Å². The average Bonchev–Trinajstić information content (AvgIpc) is 2.36. The number of alkyl halides is 3. The van der Waals surface area contributed by atoms with Gasteiger partial charge in [-0.25, -0.2) is 4.39 Å². The van der Waals surface area contributed by atoms with Gasteiger partial charge >= 0.3 is 6.36 Å². The van der Waals surface area contributed by atoms with E-state index < -0.39 is 17.9 Å². The van der Waals surface area contributed by atoms with Gasteiger partial charge in [0.25, 0.3) is 0 Å². The smallest absolute Gasteiger partial charge is 0.404 e. The Morgan fingerprint density at radius 2 is 1.76 bits per heavy atom. The first kappa shape index (κ1) is 15.0. The number of ether oxygens (including phenoxy) is 1. The van der Waals surface area contributed by atoms with Crippen molar-refractivity contribution < 1.29 is 22.3 Å². The van der Waals surface area contributed by atoms with Gasteiger partial charge in [0.1, 0.15) is 5.82 Å². The predicted molar refractivity (Wildman–Crippen MR) is 72.0 cm³/mol. The molecule has 0 aromatic heterocycles. The molecule has 112 valence electrons. The van der Waals surface area contributed by atoms with Crippen molar-refractivity contribution >= 4 is 17.1 Å². The number of anilines is 3. The number of hydrogen-bond acceptors (Lipinski definition) is 3. The van der Waals surface area contributed by atoms with E-state index in [1.807, 2.05) is 0 Å². The van der Waals surface area contributed by atoms with Gasteiger partial charge in [-0.05, 0) is 36.8 Å². The fourth-order valence-electron chi connectivity index (χ4n) is 1.73. The fourth-order valence-corrected chi connectivity index (χ4v) is 1.73. The van der Waals surface area contributed by atoms with Crippen LogP contribution < -0.4 is 15.8 Å². The molecule has 3 nitrogen and oxygen atoms in total. The highest BCUT2D eigenvalue weighted by atomic mass is 19.4. The molecular weight excluding hydrogens is 288 g/mol. The van der Waals surface area contributed by atoms with Gasteiger partial charge in [0.2, 0.25) is 0 Å². The minimum Gasteiger partial charge on any atom is -0.404 e. The zero-order valence-corrected chi connectivity index (χ0v) is 11.0. The van der Waals surface area contributed by atoms with Crippen LogP contribution in [0.25, 0.3) is 0 Å². The van der Waals surface area contributed by atoms with Gasteiger partial charge in [-0.15, -0.1) is 13.2 Å². The van der Waals surface area contributed by atoms with E-state index in [-0.39, 0.29) is 11.4 Å². The first-order valence-corrected chi connectivity index (χ1v) is 5.93. The Balaban J connectivity index is 2.34. The predicted octanol–water partition coefficient (Wildman–Crippen LogP) is 4.36. The monoisotopic (exact) mass is 300 g/mol. The second-order valence-electron chi connectivity index (χ2n) is 4.36. The number of benzene rings is 2. The van der Waals surface area contributed by atoms with Crippen molar-refractivity contribution in [2.24, 2.45) is 0 Å². The Hall–Kier alpha value is -2.44. The van der Waals surface area contributed by atoms with E-state index in [9.17, 15) is 17.6 Å². The maximum absolute atomic E-state index is 13.3. The van der Waals surface area contributed by atoms with Crippen LogP contribution >= 0.6 is 0 Å². The van der Waals surface area contributed by atoms with Crippen molar-refractivity contribution in [3.05, 3.63) is 47.8 Å². The zero-order valence-electron chi connectivity index (χ0n) is 11.0. The van der Waals surface area contributed by atoms with Gasteiger partial charge in [-0.1, -0.05) is 12.1 Å². The molecule has 3 N–H and O–H groups in total. The number of para-hydroxylation sites is 2. The number of halogens is 4. The second kappa shape index (κ2) is 5.51. The second-order valence-corrected chi connectivity index (χ2v) is 4.36. The molecule has 7 heteroatoms. The van der Waals surface area contributed by atoms with Crippen LogP contribution in [0.5, 0.6) is 5.75 Å². The lowest BCUT2D eigenvalue weighted by Crippen LogP contribution is -2.17. The summed E-state index contributed by atoms with van der Waals surface area (Å²) in [5, 5.41) is 2.71. The first-order chi connectivity index (χ1) is 9.76. The number of hydrogen-bond donors (Lipinski definition) is 2. The molecule has 0 amide bonds. The molecule has 0 fully saturated rings. The molecule has 0 radical (unpaired) electrons. The molecule has 0 atom stereocenters. The number of rotatable bonds is 3. The summed E-state index contributed by atoms with van der Waals surface area (Å²) in [7, 11) is 0. The van der Waals surface area contributed by atoms with Crippen LogP contribution in [0, 0.1) is 12.7 Å². The lowest BCUT2D eigenvalue weighted by molar-refractivity contribution is -0.274. The molecule has 0 aliphatic rings. The molecule has 0 aliphatic carbocycles. The van der Waals surface area contributed by atoms with Crippen molar-refractivity contribution in [3.8, 4) is 5.75 Å². The summed E-state index contributed by atoms with van der Waals surface area (Å²) >= 11 is 0. The number of nitrogen functional groups attached to an aromatic ring is 1. The Morgan fingerprint density at radius 1 is 1.10 bits per heavy atom. The fraction of sp³-hybridized carbons (Fsp3) is 0.143. The summed E-state index contributed by atoms with van der Waals surface area (Å²) in [6.45, 7) is 1.53. The van der Waals surface area contributed by atoms with Crippen LogP contribution in [0.1, 0.15) is 5.56 Å². The minimum absolute atomic E-state index is 0.0764. The van der Waals surface area contributed by atoms with E-state index in [1.165, 1.54) is 37.3 Å². The number of aryl methyl sites for hydroxylation is 1.